The zero-order valence-electron chi connectivity index (χ0n) is 19.2. The van der Waals surface area contributed by atoms with Crippen molar-refractivity contribution in [1.82, 2.24) is 9.36 Å². The number of carboxylic acids is 2. The summed E-state index contributed by atoms with van der Waals surface area (Å²) in [6, 6.07) is 10.1. The second-order valence-electron chi connectivity index (χ2n) is 7.17. The molecule has 0 aliphatic heterocycles. The number of aromatic nitrogens is 2. The predicted molar refractivity (Wildman–Crippen MR) is 140 cm³/mol. The van der Waals surface area contributed by atoms with Gasteiger partial charge in [0.2, 0.25) is 16.2 Å². The third-order valence-corrected chi connectivity index (χ3v) is 7.52. The highest BCUT2D eigenvalue weighted by molar-refractivity contribution is 8.00. The Hall–Kier alpha value is -3.42. The van der Waals surface area contributed by atoms with Gasteiger partial charge < -0.3 is 15.5 Å². The molecule has 3 aromatic rings. The minimum Gasteiger partial charge on any atom is -0.478 e. The standard InChI is InChI=1S/C23H22N4O6S3/c1-3-17(19(29)25-22-26-23(27-36-22)34-4-2)35-14-7-5-6-13(11-14)24-18(28)15-9-8-12(20(30)31)10-16(15)21(32)33/h5-11,17H,3-4H2,1-2H3,(H,24,28)(H,30,31)(H,32,33)(H,25,26,27,29). The topological polar surface area (TPSA) is 159 Å². The average Bonchev–Trinajstić information content (AvgIpc) is 3.29. The average molecular weight is 547 g/mol. The fourth-order valence-corrected chi connectivity index (χ4v) is 5.31. The van der Waals surface area contributed by atoms with E-state index in [4.69, 9.17) is 5.11 Å². The summed E-state index contributed by atoms with van der Waals surface area (Å²) in [7, 11) is 0. The van der Waals surface area contributed by atoms with Crippen LogP contribution in [0.1, 0.15) is 51.3 Å². The zero-order chi connectivity index (χ0) is 26.2. The number of rotatable bonds is 11. The molecule has 0 fully saturated rings. The number of aromatic carboxylic acids is 2. The highest BCUT2D eigenvalue weighted by Gasteiger charge is 2.21. The van der Waals surface area contributed by atoms with E-state index in [1.165, 1.54) is 29.6 Å². The van der Waals surface area contributed by atoms with E-state index < -0.39 is 28.7 Å². The van der Waals surface area contributed by atoms with Crippen LogP contribution in [0.3, 0.4) is 0 Å². The lowest BCUT2D eigenvalue weighted by Crippen LogP contribution is -2.24. The van der Waals surface area contributed by atoms with Crippen molar-refractivity contribution >= 4 is 69.6 Å². The lowest BCUT2D eigenvalue weighted by atomic mass is 10.0. The summed E-state index contributed by atoms with van der Waals surface area (Å²) in [5.41, 5.74) is -0.434. The molecule has 4 N–H and O–H groups in total. The van der Waals surface area contributed by atoms with E-state index in [0.717, 1.165) is 29.4 Å². The Balaban J connectivity index is 1.71. The predicted octanol–water partition coefficient (Wildman–Crippen LogP) is 4.81. The normalized spacial score (nSPS) is 11.5. The summed E-state index contributed by atoms with van der Waals surface area (Å²) in [5.74, 6) is -2.80. The van der Waals surface area contributed by atoms with Crippen molar-refractivity contribution in [2.75, 3.05) is 16.4 Å². The Labute approximate surface area is 219 Å². The second-order valence-corrected chi connectivity index (χ2v) is 10.4. The molecule has 0 aliphatic rings. The SMILES string of the molecule is CCSc1nsc(NC(=O)C(CC)Sc2cccc(NC(=O)c3ccc(C(=O)O)cc3C(=O)O)c2)n1. The van der Waals surface area contributed by atoms with E-state index in [1.54, 1.807) is 24.3 Å². The third kappa shape index (κ3) is 7.06. The quantitative estimate of drug-likeness (QED) is 0.246. The van der Waals surface area contributed by atoms with Gasteiger partial charge in [-0.2, -0.15) is 9.36 Å². The lowest BCUT2D eigenvalue weighted by molar-refractivity contribution is -0.115. The Morgan fingerprint density at radius 3 is 2.44 bits per heavy atom. The second kappa shape index (κ2) is 12.5. The van der Waals surface area contributed by atoms with E-state index in [2.05, 4.69) is 20.0 Å². The minimum absolute atomic E-state index is 0.172. The smallest absolute Gasteiger partial charge is 0.336 e. The molecule has 2 aromatic carbocycles. The summed E-state index contributed by atoms with van der Waals surface area (Å²) >= 11 is 3.92. The zero-order valence-corrected chi connectivity index (χ0v) is 21.6. The number of hydrogen-bond acceptors (Lipinski definition) is 9. The largest absolute Gasteiger partial charge is 0.478 e. The molecule has 10 nitrogen and oxygen atoms in total. The monoisotopic (exact) mass is 546 g/mol. The van der Waals surface area contributed by atoms with Gasteiger partial charge in [0.15, 0.2) is 0 Å². The number of carbonyl (C=O) groups is 4. The van der Waals surface area contributed by atoms with Crippen LogP contribution in [0, 0.1) is 0 Å². The third-order valence-electron chi connectivity index (χ3n) is 4.69. The first-order valence-corrected chi connectivity index (χ1v) is 13.3. The van der Waals surface area contributed by atoms with Crippen molar-refractivity contribution < 1.29 is 29.4 Å². The van der Waals surface area contributed by atoms with Crippen molar-refractivity contribution in [3.05, 3.63) is 59.2 Å². The van der Waals surface area contributed by atoms with E-state index in [9.17, 15) is 24.3 Å². The highest BCUT2D eigenvalue weighted by atomic mass is 32.2. The Kier molecular flexibility index (Phi) is 9.44. The van der Waals surface area contributed by atoms with Crippen LogP contribution in [-0.4, -0.2) is 54.3 Å². The number of thioether (sulfide) groups is 2. The Morgan fingerprint density at radius 1 is 1.00 bits per heavy atom. The minimum atomic E-state index is -1.42. The molecular weight excluding hydrogens is 524 g/mol. The molecule has 36 heavy (non-hydrogen) atoms. The van der Waals surface area contributed by atoms with Crippen LogP contribution in [0.15, 0.2) is 52.5 Å². The maximum absolute atomic E-state index is 12.8. The van der Waals surface area contributed by atoms with Crippen LogP contribution in [0.2, 0.25) is 0 Å². The molecule has 3 rings (SSSR count). The first-order valence-electron chi connectivity index (χ1n) is 10.7. The number of nitrogens with one attached hydrogen (secondary N) is 2. The number of carbonyl (C=O) groups excluding carboxylic acids is 2. The highest BCUT2D eigenvalue weighted by Crippen LogP contribution is 2.29. The summed E-state index contributed by atoms with van der Waals surface area (Å²) < 4.78 is 4.19. The molecule has 0 saturated carbocycles. The molecule has 1 atom stereocenters. The summed E-state index contributed by atoms with van der Waals surface area (Å²) in [4.78, 5) is 53.2. The molecule has 0 radical (unpaired) electrons. The van der Waals surface area contributed by atoms with Crippen molar-refractivity contribution in [1.29, 1.82) is 0 Å². The molecule has 0 spiro atoms. The van der Waals surface area contributed by atoms with Gasteiger partial charge in [0.1, 0.15) is 0 Å². The molecule has 0 bridgehead atoms. The van der Waals surface area contributed by atoms with E-state index in [1.807, 2.05) is 13.8 Å². The Morgan fingerprint density at radius 2 is 1.78 bits per heavy atom. The van der Waals surface area contributed by atoms with Crippen LogP contribution in [-0.2, 0) is 4.79 Å². The van der Waals surface area contributed by atoms with Gasteiger partial charge >= 0.3 is 11.9 Å². The molecule has 13 heteroatoms. The molecular formula is C23H22N4O6S3. The van der Waals surface area contributed by atoms with E-state index in [0.29, 0.717) is 27.3 Å². The van der Waals surface area contributed by atoms with Crippen molar-refractivity contribution in [3.8, 4) is 0 Å². The summed E-state index contributed by atoms with van der Waals surface area (Å²) in [5, 5.41) is 24.6. The Bertz CT molecular complexity index is 1300. The fourth-order valence-electron chi connectivity index (χ4n) is 3.02. The van der Waals surface area contributed by atoms with Gasteiger partial charge in [-0.3, -0.25) is 14.9 Å². The number of anilines is 2. The van der Waals surface area contributed by atoms with Gasteiger partial charge in [-0.25, -0.2) is 9.59 Å². The maximum atomic E-state index is 12.8. The molecule has 1 aromatic heterocycles. The number of carboxylic acid groups (broad SMARTS) is 2. The number of hydrogen-bond donors (Lipinski definition) is 4. The number of amides is 2. The number of nitrogens with zero attached hydrogens (tertiary/aromatic N) is 2. The van der Waals surface area contributed by atoms with Gasteiger partial charge in [0.25, 0.3) is 5.91 Å². The molecule has 0 aliphatic carbocycles. The van der Waals surface area contributed by atoms with Gasteiger partial charge in [-0.1, -0.05) is 31.7 Å². The first-order chi connectivity index (χ1) is 17.2. The number of benzene rings is 2. The van der Waals surface area contributed by atoms with Crippen LogP contribution < -0.4 is 10.6 Å². The molecule has 0 saturated heterocycles. The van der Waals surface area contributed by atoms with Crippen LogP contribution >= 0.6 is 35.1 Å². The van der Waals surface area contributed by atoms with Crippen molar-refractivity contribution in [2.24, 2.45) is 0 Å². The first kappa shape index (κ1) is 27.2. The molecule has 188 valence electrons. The fraction of sp³-hybridized carbons (Fsp3) is 0.217. The summed E-state index contributed by atoms with van der Waals surface area (Å²) in [6.07, 6.45) is 0.542. The molecule has 2 amide bonds. The van der Waals surface area contributed by atoms with Crippen LogP contribution in [0.4, 0.5) is 10.8 Å². The van der Waals surface area contributed by atoms with Crippen molar-refractivity contribution in [2.45, 2.75) is 35.6 Å². The summed E-state index contributed by atoms with van der Waals surface area (Å²) in [6.45, 7) is 3.87. The molecule has 1 unspecified atom stereocenters. The lowest BCUT2D eigenvalue weighted by Gasteiger charge is -2.14. The van der Waals surface area contributed by atoms with Crippen LogP contribution in [0.5, 0.6) is 0 Å². The van der Waals surface area contributed by atoms with E-state index in [-0.39, 0.29) is 17.0 Å². The van der Waals surface area contributed by atoms with Gasteiger partial charge in [0.05, 0.1) is 21.9 Å². The maximum Gasteiger partial charge on any atom is 0.336 e. The van der Waals surface area contributed by atoms with Crippen LogP contribution in [0.25, 0.3) is 0 Å². The van der Waals surface area contributed by atoms with Gasteiger partial charge in [-0.05, 0) is 48.6 Å². The molecule has 1 heterocycles. The van der Waals surface area contributed by atoms with Crippen molar-refractivity contribution in [3.63, 3.8) is 0 Å². The van der Waals surface area contributed by atoms with Gasteiger partial charge in [-0.15, -0.1) is 11.8 Å². The van der Waals surface area contributed by atoms with E-state index >= 15 is 0 Å². The van der Waals surface area contributed by atoms with Gasteiger partial charge in [0, 0.05) is 22.1 Å².